The molecule has 0 fully saturated rings. The highest BCUT2D eigenvalue weighted by molar-refractivity contribution is 7.15. The molecule has 0 aliphatic heterocycles. The Kier molecular flexibility index (Phi) is 5.60. The van der Waals surface area contributed by atoms with E-state index in [1.807, 2.05) is 30.4 Å². The van der Waals surface area contributed by atoms with Gasteiger partial charge in [-0.1, -0.05) is 6.92 Å². The molecule has 0 bridgehead atoms. The van der Waals surface area contributed by atoms with E-state index in [-0.39, 0.29) is 12.3 Å². The van der Waals surface area contributed by atoms with E-state index in [2.05, 4.69) is 10.1 Å². The molecule has 0 radical (unpaired) electrons. The Morgan fingerprint density at radius 3 is 2.61 bits per heavy atom. The Morgan fingerprint density at radius 1 is 1.16 bits per heavy atom. The first-order valence-corrected chi connectivity index (χ1v) is 10.7. The van der Waals surface area contributed by atoms with Crippen LogP contribution in [0.2, 0.25) is 0 Å². The largest absolute Gasteiger partial charge is 0.465 e. The van der Waals surface area contributed by atoms with Gasteiger partial charge in [-0.3, -0.25) is 4.40 Å². The fourth-order valence-electron chi connectivity index (χ4n) is 3.39. The molecule has 4 heterocycles. The van der Waals surface area contributed by atoms with Gasteiger partial charge in [-0.25, -0.2) is 19.3 Å². The van der Waals surface area contributed by atoms with Crippen molar-refractivity contribution in [3.63, 3.8) is 0 Å². The maximum atomic E-state index is 12.4. The minimum atomic E-state index is -0.491. The van der Waals surface area contributed by atoms with E-state index in [1.54, 1.807) is 47.5 Å². The Hall–Kier alpha value is -3.46. The molecule has 0 unspecified atom stereocenters. The van der Waals surface area contributed by atoms with Gasteiger partial charge in [-0.15, -0.1) is 11.3 Å². The Balaban J connectivity index is 1.97. The molecule has 4 aromatic rings. The summed E-state index contributed by atoms with van der Waals surface area (Å²) in [5.74, 6) is -0.963. The molecular weight excluding hydrogens is 416 g/mol. The zero-order chi connectivity index (χ0) is 22.1. The highest BCUT2D eigenvalue weighted by atomic mass is 32.1. The number of hydrogen-bond acceptors (Lipinski definition) is 7. The fraction of sp³-hybridized carbons (Fsp3) is 0.273. The molecule has 0 saturated carbocycles. The number of carbonyl (C=O) groups is 2. The SMILES string of the molecule is CCOC(=O)c1cc(CC)n(-c2cc(C(=O)OC)cn3c(-c4ccc(C)s4)cnc23)n1. The smallest absolute Gasteiger partial charge is 0.358 e. The molecule has 0 aromatic carbocycles. The summed E-state index contributed by atoms with van der Waals surface area (Å²) in [6.07, 6.45) is 4.11. The third-order valence-electron chi connectivity index (χ3n) is 4.86. The lowest BCUT2D eigenvalue weighted by Gasteiger charge is -2.11. The van der Waals surface area contributed by atoms with Crippen LogP contribution in [0.1, 0.15) is 45.3 Å². The van der Waals surface area contributed by atoms with Crippen LogP contribution in [0.3, 0.4) is 0 Å². The summed E-state index contributed by atoms with van der Waals surface area (Å²) < 4.78 is 13.6. The Morgan fingerprint density at radius 2 is 1.97 bits per heavy atom. The van der Waals surface area contributed by atoms with Gasteiger partial charge in [0.15, 0.2) is 11.3 Å². The second-order valence-corrected chi connectivity index (χ2v) is 8.15. The van der Waals surface area contributed by atoms with E-state index in [4.69, 9.17) is 9.47 Å². The van der Waals surface area contributed by atoms with Crippen molar-refractivity contribution in [3.05, 3.63) is 58.5 Å². The first kappa shape index (κ1) is 20.8. The summed E-state index contributed by atoms with van der Waals surface area (Å²) in [6, 6.07) is 7.45. The second-order valence-electron chi connectivity index (χ2n) is 6.86. The molecule has 0 atom stereocenters. The summed E-state index contributed by atoms with van der Waals surface area (Å²) in [5.41, 5.74) is 3.41. The lowest BCUT2D eigenvalue weighted by atomic mass is 10.2. The quantitative estimate of drug-likeness (QED) is 0.422. The molecule has 0 amide bonds. The summed E-state index contributed by atoms with van der Waals surface area (Å²) in [4.78, 5) is 31.5. The van der Waals surface area contributed by atoms with Crippen molar-refractivity contribution in [3.8, 4) is 16.3 Å². The molecule has 160 valence electrons. The summed E-state index contributed by atoms with van der Waals surface area (Å²) in [6.45, 7) is 6.02. The van der Waals surface area contributed by atoms with Crippen molar-refractivity contribution in [1.82, 2.24) is 19.2 Å². The highest BCUT2D eigenvalue weighted by Gasteiger charge is 2.21. The summed E-state index contributed by atoms with van der Waals surface area (Å²) in [5, 5.41) is 4.47. The number of aryl methyl sites for hydroxylation is 2. The summed E-state index contributed by atoms with van der Waals surface area (Å²) >= 11 is 1.64. The van der Waals surface area contributed by atoms with Gasteiger partial charge in [0.2, 0.25) is 0 Å². The van der Waals surface area contributed by atoms with Crippen molar-refractivity contribution in [2.75, 3.05) is 13.7 Å². The number of rotatable bonds is 6. The maximum Gasteiger partial charge on any atom is 0.358 e. The molecule has 0 spiro atoms. The average Bonchev–Trinajstić information content (AvgIpc) is 3.50. The Bertz CT molecular complexity index is 1280. The first-order valence-electron chi connectivity index (χ1n) is 9.89. The van der Waals surface area contributed by atoms with Crippen LogP contribution >= 0.6 is 11.3 Å². The summed E-state index contributed by atoms with van der Waals surface area (Å²) in [7, 11) is 1.34. The zero-order valence-electron chi connectivity index (χ0n) is 17.7. The van der Waals surface area contributed by atoms with Crippen molar-refractivity contribution < 1.29 is 19.1 Å². The zero-order valence-corrected chi connectivity index (χ0v) is 18.5. The van der Waals surface area contributed by atoms with Crippen molar-refractivity contribution in [2.45, 2.75) is 27.2 Å². The average molecular weight is 439 g/mol. The first-order chi connectivity index (χ1) is 15.0. The molecule has 8 nitrogen and oxygen atoms in total. The molecule has 0 aliphatic carbocycles. The van der Waals surface area contributed by atoms with Crippen molar-refractivity contribution in [1.29, 1.82) is 0 Å². The number of hydrogen-bond donors (Lipinski definition) is 0. The molecule has 0 N–H and O–H groups in total. The van der Waals surface area contributed by atoms with E-state index in [9.17, 15) is 9.59 Å². The number of fused-ring (bicyclic) bond motifs is 1. The van der Waals surface area contributed by atoms with Gasteiger partial charge in [-0.05, 0) is 44.5 Å². The molecular formula is C22H22N4O4S. The van der Waals surface area contributed by atoms with E-state index in [0.29, 0.717) is 23.3 Å². The van der Waals surface area contributed by atoms with Crippen molar-refractivity contribution in [2.24, 2.45) is 0 Å². The lowest BCUT2D eigenvalue weighted by molar-refractivity contribution is 0.0517. The number of ether oxygens (including phenoxy) is 2. The number of methoxy groups -OCH3 is 1. The van der Waals surface area contributed by atoms with Gasteiger partial charge in [0, 0.05) is 16.8 Å². The van der Waals surface area contributed by atoms with Crippen LogP contribution in [0.15, 0.2) is 36.7 Å². The minimum absolute atomic E-state index is 0.209. The number of esters is 2. The number of pyridine rings is 1. The fourth-order valence-corrected chi connectivity index (χ4v) is 4.27. The van der Waals surface area contributed by atoms with Gasteiger partial charge in [0.05, 0.1) is 36.0 Å². The maximum absolute atomic E-state index is 12.4. The van der Waals surface area contributed by atoms with Gasteiger partial charge in [0.25, 0.3) is 0 Å². The van der Waals surface area contributed by atoms with Crippen LogP contribution in [-0.2, 0) is 15.9 Å². The van der Waals surface area contributed by atoms with Crippen LogP contribution < -0.4 is 0 Å². The van der Waals surface area contributed by atoms with E-state index in [0.717, 1.165) is 16.3 Å². The number of carbonyl (C=O) groups excluding carboxylic acids is 2. The number of nitrogens with zero attached hydrogens (tertiary/aromatic N) is 4. The van der Waals surface area contributed by atoms with Crippen LogP contribution in [0.5, 0.6) is 0 Å². The third kappa shape index (κ3) is 3.72. The monoisotopic (exact) mass is 438 g/mol. The van der Waals surface area contributed by atoms with Gasteiger partial charge >= 0.3 is 11.9 Å². The predicted octanol–water partition coefficient (Wildman–Crippen LogP) is 4.08. The van der Waals surface area contributed by atoms with Crippen LogP contribution in [0.4, 0.5) is 0 Å². The van der Waals surface area contributed by atoms with Crippen LogP contribution in [0, 0.1) is 6.92 Å². The highest BCUT2D eigenvalue weighted by Crippen LogP contribution is 2.31. The number of imidazole rings is 1. The van der Waals surface area contributed by atoms with Crippen LogP contribution in [-0.4, -0.2) is 44.8 Å². The molecule has 4 aromatic heterocycles. The molecule has 31 heavy (non-hydrogen) atoms. The standard InChI is InChI=1S/C22H22N4O4S/c1-5-15-10-16(22(28)30-6-2)24-26(15)17-9-14(21(27)29-4)12-25-18(11-23-20(17)25)19-8-7-13(3)31-19/h7-12H,5-6H2,1-4H3. The molecule has 9 heteroatoms. The Labute approximate surface area is 183 Å². The van der Waals surface area contributed by atoms with E-state index in [1.165, 1.54) is 12.0 Å². The molecule has 4 rings (SSSR count). The minimum Gasteiger partial charge on any atom is -0.465 e. The lowest BCUT2D eigenvalue weighted by Crippen LogP contribution is -2.10. The predicted molar refractivity (Wildman–Crippen MR) is 117 cm³/mol. The van der Waals surface area contributed by atoms with Gasteiger partial charge in [0.1, 0.15) is 5.69 Å². The van der Waals surface area contributed by atoms with E-state index >= 15 is 0 Å². The van der Waals surface area contributed by atoms with Crippen molar-refractivity contribution >= 4 is 28.9 Å². The number of aromatic nitrogens is 4. The third-order valence-corrected chi connectivity index (χ3v) is 5.88. The van der Waals surface area contributed by atoms with E-state index < -0.39 is 11.9 Å². The number of thiophene rings is 1. The molecule has 0 aliphatic rings. The van der Waals surface area contributed by atoms with Crippen LogP contribution in [0.25, 0.3) is 21.9 Å². The van der Waals surface area contributed by atoms with Gasteiger partial charge in [-0.2, -0.15) is 5.10 Å². The second kappa shape index (κ2) is 8.35. The normalized spacial score (nSPS) is 11.1. The topological polar surface area (TPSA) is 87.7 Å². The molecule has 0 saturated heterocycles. The van der Waals surface area contributed by atoms with Gasteiger partial charge < -0.3 is 9.47 Å².